The number of carboxylic acid groups (broad SMARTS) is 2. The smallest absolute Gasteiger partial charge is 0.307 e. The molecule has 4 nitrogen and oxygen atoms in total. The van der Waals surface area contributed by atoms with Crippen molar-refractivity contribution in [1.29, 1.82) is 0 Å². The number of rotatable bonds is 5. The highest BCUT2D eigenvalue weighted by Gasteiger charge is 2.35. The Bertz CT molecular complexity index is 399. The van der Waals surface area contributed by atoms with Gasteiger partial charge >= 0.3 is 11.9 Å². The molecule has 1 rings (SSSR count). The van der Waals surface area contributed by atoms with Crippen LogP contribution in [-0.4, -0.2) is 22.2 Å². The van der Waals surface area contributed by atoms with E-state index in [1.807, 2.05) is 30.3 Å². The molecule has 0 saturated heterocycles. The lowest BCUT2D eigenvalue weighted by molar-refractivity contribution is -0.153. The number of aliphatic carboxylic acids is 2. The zero-order valence-electron chi connectivity index (χ0n) is 9.83. The Kier molecular flexibility index (Phi) is 4.26. The van der Waals surface area contributed by atoms with Crippen molar-refractivity contribution in [3.63, 3.8) is 0 Å². The molecule has 0 aromatic heterocycles. The minimum absolute atomic E-state index is 0.334. The Labute approximate surface area is 99.9 Å². The number of carbonyl (C=O) groups is 2. The molecule has 1 aromatic rings. The van der Waals surface area contributed by atoms with E-state index in [0.717, 1.165) is 5.56 Å². The summed E-state index contributed by atoms with van der Waals surface area (Å²) < 4.78 is 0. The summed E-state index contributed by atoms with van der Waals surface area (Å²) in [5.41, 5.74) is 0.841. The molecule has 2 N–H and O–H groups in total. The molecule has 1 aromatic carbocycles. The third-order valence-electron chi connectivity index (χ3n) is 3.08. The molecular formula is C13H16O4. The van der Waals surface area contributed by atoms with Gasteiger partial charge in [-0.3, -0.25) is 9.59 Å². The molecule has 0 aliphatic rings. The Balaban J connectivity index is 3.00. The number of hydrogen-bond acceptors (Lipinski definition) is 2. The van der Waals surface area contributed by atoms with Crippen molar-refractivity contribution in [2.75, 3.05) is 0 Å². The molecule has 0 aliphatic carbocycles. The summed E-state index contributed by atoms with van der Waals surface area (Å²) in [6.07, 6.45) is 0. The van der Waals surface area contributed by atoms with Crippen LogP contribution in [0.2, 0.25) is 0 Å². The van der Waals surface area contributed by atoms with Gasteiger partial charge in [0.2, 0.25) is 0 Å². The summed E-state index contributed by atoms with van der Waals surface area (Å²) in [6.45, 7) is 3.17. The van der Waals surface area contributed by atoms with Crippen LogP contribution < -0.4 is 0 Å². The predicted octanol–water partition coefficient (Wildman–Crippen LogP) is 2.21. The van der Waals surface area contributed by atoms with Crippen LogP contribution in [0.4, 0.5) is 0 Å². The third kappa shape index (κ3) is 3.06. The van der Waals surface area contributed by atoms with E-state index >= 15 is 0 Å². The topological polar surface area (TPSA) is 74.6 Å². The van der Waals surface area contributed by atoms with Gasteiger partial charge in [0.25, 0.3) is 0 Å². The standard InChI is InChI=1S/C13H16O4/c1-8(10-6-4-3-5-7-10)11(13(16)17)9(2)12(14)15/h3-9,11H,1-2H3,(H,14,15)(H,16,17)/t8-,9-,11-/m1/s1. The molecule has 0 unspecified atom stereocenters. The van der Waals surface area contributed by atoms with Gasteiger partial charge in [-0.25, -0.2) is 0 Å². The number of benzene rings is 1. The molecule has 0 aliphatic heterocycles. The van der Waals surface area contributed by atoms with Crippen molar-refractivity contribution in [2.45, 2.75) is 19.8 Å². The maximum Gasteiger partial charge on any atom is 0.307 e. The van der Waals surface area contributed by atoms with Crippen molar-refractivity contribution < 1.29 is 19.8 Å². The molecule has 3 atom stereocenters. The lowest BCUT2D eigenvalue weighted by Gasteiger charge is -2.23. The maximum absolute atomic E-state index is 11.2. The molecule has 0 radical (unpaired) electrons. The monoisotopic (exact) mass is 236 g/mol. The fourth-order valence-electron chi connectivity index (χ4n) is 1.98. The first-order valence-corrected chi connectivity index (χ1v) is 5.45. The van der Waals surface area contributed by atoms with E-state index in [0.29, 0.717) is 0 Å². The van der Waals surface area contributed by atoms with Gasteiger partial charge in [-0.15, -0.1) is 0 Å². The number of hydrogen-bond donors (Lipinski definition) is 2. The Morgan fingerprint density at radius 2 is 1.53 bits per heavy atom. The van der Waals surface area contributed by atoms with E-state index < -0.39 is 23.8 Å². The van der Waals surface area contributed by atoms with Gasteiger partial charge in [0.1, 0.15) is 0 Å². The summed E-state index contributed by atoms with van der Waals surface area (Å²) in [6, 6.07) is 9.10. The SMILES string of the molecule is C[C@H](c1ccccc1)[C@@H](C(=O)O)[C@@H](C)C(=O)O. The molecule has 0 fully saturated rings. The Morgan fingerprint density at radius 3 is 1.94 bits per heavy atom. The second-order valence-electron chi connectivity index (χ2n) is 4.19. The average molecular weight is 236 g/mol. The van der Waals surface area contributed by atoms with Crippen LogP contribution in [0, 0.1) is 11.8 Å². The minimum Gasteiger partial charge on any atom is -0.481 e. The first-order valence-electron chi connectivity index (χ1n) is 5.45. The second-order valence-corrected chi connectivity index (χ2v) is 4.19. The summed E-state index contributed by atoms with van der Waals surface area (Å²) >= 11 is 0. The average Bonchev–Trinajstić information content (AvgIpc) is 2.29. The molecule has 0 bridgehead atoms. The Hall–Kier alpha value is -1.84. The molecule has 0 saturated carbocycles. The lowest BCUT2D eigenvalue weighted by atomic mass is 9.80. The highest BCUT2D eigenvalue weighted by atomic mass is 16.4. The molecule has 0 heterocycles. The van der Waals surface area contributed by atoms with E-state index in [1.165, 1.54) is 6.92 Å². The van der Waals surface area contributed by atoms with Gasteiger partial charge < -0.3 is 10.2 Å². The van der Waals surface area contributed by atoms with Gasteiger partial charge in [-0.1, -0.05) is 44.2 Å². The van der Waals surface area contributed by atoms with Crippen molar-refractivity contribution >= 4 is 11.9 Å². The van der Waals surface area contributed by atoms with E-state index in [4.69, 9.17) is 10.2 Å². The van der Waals surface area contributed by atoms with Crippen molar-refractivity contribution in [3.8, 4) is 0 Å². The first kappa shape index (κ1) is 13.2. The van der Waals surface area contributed by atoms with E-state index in [2.05, 4.69) is 0 Å². The third-order valence-corrected chi connectivity index (χ3v) is 3.08. The van der Waals surface area contributed by atoms with Crippen molar-refractivity contribution in [1.82, 2.24) is 0 Å². The van der Waals surface area contributed by atoms with Gasteiger partial charge in [-0.2, -0.15) is 0 Å². The molecular weight excluding hydrogens is 220 g/mol. The fraction of sp³-hybridized carbons (Fsp3) is 0.385. The summed E-state index contributed by atoms with van der Waals surface area (Å²) in [5, 5.41) is 18.1. The first-order chi connectivity index (χ1) is 7.95. The van der Waals surface area contributed by atoms with Gasteiger partial charge in [0.15, 0.2) is 0 Å². The molecule has 0 spiro atoms. The molecule has 17 heavy (non-hydrogen) atoms. The van der Waals surface area contributed by atoms with Crippen molar-refractivity contribution in [3.05, 3.63) is 35.9 Å². The van der Waals surface area contributed by atoms with Crippen LogP contribution in [0.5, 0.6) is 0 Å². The molecule has 4 heteroatoms. The van der Waals surface area contributed by atoms with Gasteiger partial charge in [0.05, 0.1) is 11.8 Å². The summed E-state index contributed by atoms with van der Waals surface area (Å²) in [7, 11) is 0. The fourth-order valence-corrected chi connectivity index (χ4v) is 1.98. The Morgan fingerprint density at radius 1 is 1.00 bits per heavy atom. The van der Waals surface area contributed by atoms with Crippen LogP contribution >= 0.6 is 0 Å². The summed E-state index contributed by atoms with van der Waals surface area (Å²) in [4.78, 5) is 22.1. The van der Waals surface area contributed by atoms with Gasteiger partial charge in [-0.05, 0) is 11.5 Å². The van der Waals surface area contributed by atoms with Crippen LogP contribution in [0.1, 0.15) is 25.3 Å². The highest BCUT2D eigenvalue weighted by Crippen LogP contribution is 2.30. The molecule has 92 valence electrons. The van der Waals surface area contributed by atoms with Gasteiger partial charge in [0, 0.05) is 0 Å². The van der Waals surface area contributed by atoms with E-state index in [1.54, 1.807) is 6.92 Å². The largest absolute Gasteiger partial charge is 0.481 e. The maximum atomic E-state index is 11.2. The highest BCUT2D eigenvalue weighted by molar-refractivity contribution is 5.80. The zero-order chi connectivity index (χ0) is 13.0. The summed E-state index contributed by atoms with van der Waals surface area (Å²) in [5.74, 6) is -4.33. The van der Waals surface area contributed by atoms with Crippen molar-refractivity contribution in [2.24, 2.45) is 11.8 Å². The quantitative estimate of drug-likeness (QED) is 0.822. The minimum atomic E-state index is -1.08. The van der Waals surface area contributed by atoms with Crippen LogP contribution in [0.15, 0.2) is 30.3 Å². The number of carboxylic acids is 2. The zero-order valence-corrected chi connectivity index (χ0v) is 9.83. The van der Waals surface area contributed by atoms with E-state index in [9.17, 15) is 9.59 Å². The normalized spacial score (nSPS) is 15.9. The van der Waals surface area contributed by atoms with Crippen LogP contribution in [0.25, 0.3) is 0 Å². The lowest BCUT2D eigenvalue weighted by Crippen LogP contribution is -2.31. The van der Waals surface area contributed by atoms with Crippen LogP contribution in [0.3, 0.4) is 0 Å². The van der Waals surface area contributed by atoms with Crippen LogP contribution in [-0.2, 0) is 9.59 Å². The second kappa shape index (κ2) is 5.48. The van der Waals surface area contributed by atoms with E-state index in [-0.39, 0.29) is 5.92 Å². The predicted molar refractivity (Wildman–Crippen MR) is 62.8 cm³/mol. The molecule has 0 amide bonds.